The Morgan fingerprint density at radius 1 is 0.226 bits per heavy atom. The van der Waals surface area contributed by atoms with Gasteiger partial charge < -0.3 is 122 Å². The molecule has 22 N–H and O–H groups in total. The molecular weight excluding hydrogens is 1790 g/mol. The molecule has 46 nitrogen and oxygen atoms in total. The first-order valence-corrected chi connectivity index (χ1v) is 46.5. The van der Waals surface area contributed by atoms with E-state index < -0.39 is 282 Å². The predicted molar refractivity (Wildman–Crippen MR) is 506 cm³/mol. The van der Waals surface area contributed by atoms with Crippen molar-refractivity contribution in [2.75, 3.05) is 59.5 Å². The van der Waals surface area contributed by atoms with Gasteiger partial charge >= 0.3 is 5.97 Å². The van der Waals surface area contributed by atoms with Crippen LogP contribution in [0.5, 0.6) is 0 Å². The standard InChI is InChI=1S/C91H160N22O24/c1-31-53(15)70(106-68(121)45-98-84(135)89(24,25)111-72(123)56(33-47(3)4)100-64(117)41-92-62(115)39-94-81(132)87(20,21)109-74(125)58(35-49(7)8)102-66(119)43-96-80(131)86(18,19)108-55(17)114)77(128)104-60(37-51(11)12)76(127)113-91(28,29)83(134)97-44-67(120)103-59(36-50(9)10)75(126)110-88(22,23)82(133)95-40-63(116)93-42-65(118)101-57(34-48(5)6)73(124)112-90(26,27)85(136)99-46-69(122)107-71(54(16)32-2)78(129)105-61(38-52(13)14)79(130)137-30/h47-54,56-61,70-71H,31-46H2,1-30H3,(H,92,115)(H,93,116)(H,94,132)(H,95,133)(H,96,131)(H,97,134)(H,98,135)(H,99,136)(H,100,117)(H,101,118)(H,102,119)(H,103,120)(H,104,128)(H,105,129)(H,106,121)(H,107,122)(H,108,114)(H,109,125)(H,110,126)(H,111,123)(H,112,124)(H,113,127)/t53-,54-,56-,57-,58-,59-,60-,61-,70-,71-/m0/s1. The molecule has 0 aromatic heterocycles. The molecular formula is C91H160N22O24. The van der Waals surface area contributed by atoms with E-state index in [0.717, 1.165) is 0 Å². The Kier molecular flexibility index (Phi) is 52.6. The number of amides is 22. The maximum atomic E-state index is 14.2. The van der Waals surface area contributed by atoms with E-state index >= 15 is 0 Å². The van der Waals surface area contributed by atoms with E-state index in [9.17, 15) is 110 Å². The average Bonchev–Trinajstić information content (AvgIpc) is 0.839. The molecule has 0 aliphatic heterocycles. The van der Waals surface area contributed by atoms with Gasteiger partial charge in [-0.3, -0.25) is 105 Å². The third-order valence-electron chi connectivity index (χ3n) is 21.3. The molecule has 0 spiro atoms. The molecule has 137 heavy (non-hydrogen) atoms. The Hall–Kier alpha value is -12.2. The van der Waals surface area contributed by atoms with Gasteiger partial charge in [0.15, 0.2) is 0 Å². The van der Waals surface area contributed by atoms with Crippen molar-refractivity contribution in [1.82, 2.24) is 117 Å². The molecule has 0 heterocycles. The lowest BCUT2D eigenvalue weighted by Gasteiger charge is -2.31. The van der Waals surface area contributed by atoms with E-state index in [-0.39, 0.29) is 74.0 Å². The summed E-state index contributed by atoms with van der Waals surface area (Å²) in [6, 6.07) is -9.61. The first-order valence-electron chi connectivity index (χ1n) is 46.5. The van der Waals surface area contributed by atoms with Crippen LogP contribution >= 0.6 is 0 Å². The number of rotatable bonds is 60. The second-order valence-electron chi connectivity index (χ2n) is 40.3. The summed E-state index contributed by atoms with van der Waals surface area (Å²) in [5.74, 6) is -19.9. The highest BCUT2D eigenvalue weighted by Crippen LogP contribution is 2.19. The van der Waals surface area contributed by atoms with Gasteiger partial charge in [-0.2, -0.15) is 0 Å². The molecule has 0 aliphatic carbocycles. The van der Waals surface area contributed by atoms with Crippen LogP contribution in [0.1, 0.15) is 252 Å². The quantitative estimate of drug-likeness (QED) is 0.0266. The highest BCUT2D eigenvalue weighted by Gasteiger charge is 2.42. The van der Waals surface area contributed by atoms with Crippen LogP contribution in [0.3, 0.4) is 0 Å². The molecule has 0 saturated carbocycles. The van der Waals surface area contributed by atoms with Gasteiger partial charge in [0, 0.05) is 6.92 Å². The van der Waals surface area contributed by atoms with Gasteiger partial charge in [-0.1, -0.05) is 124 Å². The molecule has 0 bridgehead atoms. The van der Waals surface area contributed by atoms with E-state index in [1.807, 2.05) is 13.8 Å². The maximum absolute atomic E-state index is 14.2. The van der Waals surface area contributed by atoms with Gasteiger partial charge in [0.1, 0.15) is 81.6 Å². The zero-order valence-corrected chi connectivity index (χ0v) is 85.8. The van der Waals surface area contributed by atoms with Crippen molar-refractivity contribution in [3.63, 3.8) is 0 Å². The number of esters is 1. The SMILES string of the molecule is CC[C@H](C)[C@H](NC(=O)CNC(=O)C(C)(C)NC(=O)[C@H](CC(C)C)NC(=O)CNC(=O)CNC(=O)C(C)(C)NC(=O)[C@H](CC(C)C)NC(=O)CNC(=O)C(C)(C)NC(C)=O)C(=O)N[C@@H](CC(C)C)C(=O)NC(C)(C)C(=O)NCC(=O)N[C@@H](CC(C)C)C(=O)NC(C)(C)C(=O)NCC(=O)NCC(=O)N[C@@H](CC(C)C)C(=O)NC(C)(C)C(=O)NCC(=O)N[C@H](C(=O)N[C@@H](CC(C)C)C(=O)OC)[C@@H](C)CC. The van der Waals surface area contributed by atoms with Crippen molar-refractivity contribution in [2.45, 2.75) is 334 Å². The number of nitrogens with one attached hydrogen (secondary N) is 22. The highest BCUT2D eigenvalue weighted by atomic mass is 16.5. The summed E-state index contributed by atoms with van der Waals surface area (Å²) in [6.45, 7) is 40.5. The minimum atomic E-state index is -1.77. The van der Waals surface area contributed by atoms with E-state index in [1.54, 1.807) is 96.9 Å². The summed E-state index contributed by atoms with van der Waals surface area (Å²) in [6.07, 6.45) is 1.38. The van der Waals surface area contributed by atoms with Crippen LogP contribution in [-0.4, -0.2) is 277 Å². The maximum Gasteiger partial charge on any atom is 0.328 e. The summed E-state index contributed by atoms with van der Waals surface area (Å²) in [4.78, 5) is 307. The van der Waals surface area contributed by atoms with Crippen molar-refractivity contribution in [3.8, 4) is 0 Å². The van der Waals surface area contributed by atoms with Crippen LogP contribution in [-0.2, 0) is 115 Å². The summed E-state index contributed by atoms with van der Waals surface area (Å²) in [5, 5.41) is 55.3. The minimum Gasteiger partial charge on any atom is -0.467 e. The molecule has 0 saturated heterocycles. The Bertz CT molecular complexity index is 4230. The molecule has 778 valence electrons. The fraction of sp³-hybridized carbons (Fsp3) is 0.747. The summed E-state index contributed by atoms with van der Waals surface area (Å²) in [5.41, 5.74) is -9.93. The van der Waals surface area contributed by atoms with Crippen molar-refractivity contribution in [2.24, 2.45) is 47.3 Å². The second kappa shape index (κ2) is 57.8. The third kappa shape index (κ3) is 47.9. The molecule has 0 rings (SSSR count). The number of carbonyl (C=O) groups is 23. The number of carbonyl (C=O) groups excluding carboxylic acids is 23. The Morgan fingerprint density at radius 2 is 0.401 bits per heavy atom. The zero-order valence-electron chi connectivity index (χ0n) is 85.8. The largest absolute Gasteiger partial charge is 0.467 e. The van der Waals surface area contributed by atoms with Crippen molar-refractivity contribution in [1.29, 1.82) is 0 Å². The van der Waals surface area contributed by atoms with Crippen molar-refractivity contribution < 1.29 is 115 Å². The molecule has 0 aliphatic rings. The normalized spacial score (nSPS) is 14.0. The number of hydrogen-bond acceptors (Lipinski definition) is 24. The van der Waals surface area contributed by atoms with Gasteiger partial charge in [0.25, 0.3) is 0 Å². The van der Waals surface area contributed by atoms with E-state index in [2.05, 4.69) is 117 Å². The molecule has 0 unspecified atom stereocenters. The molecule has 0 radical (unpaired) electrons. The van der Waals surface area contributed by atoms with Gasteiger partial charge in [0.05, 0.1) is 59.5 Å². The van der Waals surface area contributed by atoms with Crippen LogP contribution in [0.2, 0.25) is 0 Å². The fourth-order valence-corrected chi connectivity index (χ4v) is 13.2. The fourth-order valence-electron chi connectivity index (χ4n) is 13.2. The van der Waals surface area contributed by atoms with Gasteiger partial charge in [-0.05, 0) is 169 Å². The van der Waals surface area contributed by atoms with Gasteiger partial charge in [0.2, 0.25) is 130 Å². The minimum absolute atomic E-state index is 0.0158. The topological polar surface area (TPSA) is 666 Å². The van der Waals surface area contributed by atoms with Crippen LogP contribution < -0.4 is 117 Å². The van der Waals surface area contributed by atoms with Crippen LogP contribution in [0.25, 0.3) is 0 Å². The molecule has 0 fully saturated rings. The molecule has 22 amide bonds. The highest BCUT2D eigenvalue weighted by molar-refractivity contribution is 6.03. The molecule has 10 atom stereocenters. The summed E-state index contributed by atoms with van der Waals surface area (Å²) in [7, 11) is 1.19. The summed E-state index contributed by atoms with van der Waals surface area (Å²) >= 11 is 0. The van der Waals surface area contributed by atoms with Crippen LogP contribution in [0.15, 0.2) is 0 Å². The van der Waals surface area contributed by atoms with E-state index in [4.69, 9.17) is 4.74 Å². The van der Waals surface area contributed by atoms with Crippen LogP contribution in [0.4, 0.5) is 0 Å². The predicted octanol–water partition coefficient (Wildman–Crippen LogP) is -3.28. The monoisotopic (exact) mass is 1950 g/mol. The molecule has 0 aromatic carbocycles. The molecule has 46 heteroatoms. The third-order valence-corrected chi connectivity index (χ3v) is 21.3. The summed E-state index contributed by atoms with van der Waals surface area (Å²) < 4.78 is 4.85. The molecule has 0 aromatic rings. The second-order valence-corrected chi connectivity index (χ2v) is 40.3. The lowest BCUT2D eigenvalue weighted by atomic mass is 9.96. The lowest BCUT2D eigenvalue weighted by Crippen LogP contribution is -2.62. The first-order chi connectivity index (χ1) is 62.9. The number of ether oxygens (including phenoxy) is 1. The van der Waals surface area contributed by atoms with Gasteiger partial charge in [-0.15, -0.1) is 0 Å². The lowest BCUT2D eigenvalue weighted by molar-refractivity contribution is -0.146. The number of methoxy groups -OCH3 is 1. The zero-order chi connectivity index (χ0) is 106. The van der Waals surface area contributed by atoms with Crippen molar-refractivity contribution >= 4 is 136 Å². The van der Waals surface area contributed by atoms with E-state index in [1.165, 1.54) is 97.1 Å². The number of hydrogen-bond donors (Lipinski definition) is 22. The van der Waals surface area contributed by atoms with Gasteiger partial charge in [-0.25, -0.2) is 4.79 Å². The van der Waals surface area contributed by atoms with E-state index in [0.29, 0.717) is 12.8 Å². The smallest absolute Gasteiger partial charge is 0.328 e. The van der Waals surface area contributed by atoms with Crippen LogP contribution in [0, 0.1) is 47.3 Å². The Morgan fingerprint density at radius 3 is 0.599 bits per heavy atom. The Labute approximate surface area is 805 Å². The van der Waals surface area contributed by atoms with Crippen molar-refractivity contribution in [3.05, 3.63) is 0 Å². The Balaban J connectivity index is 5.86. The first kappa shape index (κ1) is 125. The average molecular weight is 1950 g/mol.